The molecular formula is C14H18N4. The standard InChI is InChI=1S/C14H18N4/c1-2-4-12(5-3-1)6-7-18-11-16-17-14(18)8-13-9-15-10-13/h1-5,11,13,15H,6-10H2. The number of rotatable bonds is 5. The van der Waals surface area contributed by atoms with E-state index in [-0.39, 0.29) is 0 Å². The van der Waals surface area contributed by atoms with E-state index in [9.17, 15) is 0 Å². The summed E-state index contributed by atoms with van der Waals surface area (Å²) in [6.45, 7) is 3.20. The van der Waals surface area contributed by atoms with Crippen LogP contribution in [0.2, 0.25) is 0 Å². The lowest BCUT2D eigenvalue weighted by molar-refractivity contribution is 0.336. The second-order valence-corrected chi connectivity index (χ2v) is 4.90. The molecule has 94 valence electrons. The van der Waals surface area contributed by atoms with Gasteiger partial charge in [-0.15, -0.1) is 10.2 Å². The molecule has 1 aromatic heterocycles. The van der Waals surface area contributed by atoms with Crippen LogP contribution in [0.1, 0.15) is 11.4 Å². The van der Waals surface area contributed by atoms with Crippen LogP contribution >= 0.6 is 0 Å². The average Bonchev–Trinajstić information content (AvgIpc) is 2.80. The van der Waals surface area contributed by atoms with Gasteiger partial charge >= 0.3 is 0 Å². The summed E-state index contributed by atoms with van der Waals surface area (Å²) in [4.78, 5) is 0. The van der Waals surface area contributed by atoms with E-state index in [0.717, 1.165) is 44.2 Å². The van der Waals surface area contributed by atoms with E-state index in [1.807, 2.05) is 6.33 Å². The molecule has 2 heterocycles. The summed E-state index contributed by atoms with van der Waals surface area (Å²) in [6, 6.07) is 10.6. The lowest BCUT2D eigenvalue weighted by Crippen LogP contribution is -2.43. The molecular weight excluding hydrogens is 224 g/mol. The molecule has 0 saturated carbocycles. The molecule has 1 aromatic carbocycles. The van der Waals surface area contributed by atoms with Gasteiger partial charge in [0, 0.05) is 13.0 Å². The smallest absolute Gasteiger partial charge is 0.133 e. The van der Waals surface area contributed by atoms with Crippen LogP contribution in [0.4, 0.5) is 0 Å². The maximum Gasteiger partial charge on any atom is 0.133 e. The van der Waals surface area contributed by atoms with E-state index in [0.29, 0.717) is 0 Å². The summed E-state index contributed by atoms with van der Waals surface area (Å²) < 4.78 is 2.19. The van der Waals surface area contributed by atoms with Gasteiger partial charge in [0.15, 0.2) is 0 Å². The molecule has 0 radical (unpaired) electrons. The molecule has 1 saturated heterocycles. The zero-order valence-electron chi connectivity index (χ0n) is 10.4. The molecule has 18 heavy (non-hydrogen) atoms. The average molecular weight is 242 g/mol. The Bertz CT molecular complexity index is 488. The lowest BCUT2D eigenvalue weighted by Gasteiger charge is -2.26. The maximum absolute atomic E-state index is 4.24. The fourth-order valence-corrected chi connectivity index (χ4v) is 2.27. The fourth-order valence-electron chi connectivity index (χ4n) is 2.27. The van der Waals surface area contributed by atoms with Crippen molar-refractivity contribution in [3.05, 3.63) is 48.0 Å². The molecule has 0 unspecified atom stereocenters. The van der Waals surface area contributed by atoms with Gasteiger partial charge < -0.3 is 9.88 Å². The first kappa shape index (κ1) is 11.4. The molecule has 1 aliphatic rings. The van der Waals surface area contributed by atoms with Gasteiger partial charge in [0.25, 0.3) is 0 Å². The van der Waals surface area contributed by atoms with Crippen molar-refractivity contribution in [2.75, 3.05) is 13.1 Å². The highest BCUT2D eigenvalue weighted by molar-refractivity contribution is 5.14. The summed E-state index contributed by atoms with van der Waals surface area (Å²) in [5.41, 5.74) is 1.36. The summed E-state index contributed by atoms with van der Waals surface area (Å²) >= 11 is 0. The first-order chi connectivity index (χ1) is 8.92. The van der Waals surface area contributed by atoms with Crippen LogP contribution < -0.4 is 5.32 Å². The molecule has 3 rings (SSSR count). The van der Waals surface area contributed by atoms with Crippen molar-refractivity contribution in [2.45, 2.75) is 19.4 Å². The number of aromatic nitrogens is 3. The first-order valence-corrected chi connectivity index (χ1v) is 6.53. The van der Waals surface area contributed by atoms with Gasteiger partial charge in [-0.2, -0.15) is 0 Å². The Hall–Kier alpha value is -1.68. The molecule has 0 amide bonds. The van der Waals surface area contributed by atoms with E-state index in [4.69, 9.17) is 0 Å². The van der Waals surface area contributed by atoms with Gasteiger partial charge in [0.2, 0.25) is 0 Å². The Kier molecular flexibility index (Phi) is 3.37. The second-order valence-electron chi connectivity index (χ2n) is 4.90. The predicted molar refractivity (Wildman–Crippen MR) is 70.2 cm³/mol. The third-order valence-corrected chi connectivity index (χ3v) is 3.52. The topological polar surface area (TPSA) is 42.7 Å². The largest absolute Gasteiger partial charge is 0.317 e. The summed E-state index contributed by atoms with van der Waals surface area (Å²) in [5, 5.41) is 11.6. The van der Waals surface area contributed by atoms with Gasteiger partial charge in [-0.05, 0) is 31.0 Å². The van der Waals surface area contributed by atoms with Crippen LogP contribution in [0, 0.1) is 5.92 Å². The molecule has 4 heteroatoms. The van der Waals surface area contributed by atoms with Crippen LogP contribution in [0.25, 0.3) is 0 Å². The van der Waals surface area contributed by atoms with Crippen LogP contribution in [-0.4, -0.2) is 27.9 Å². The van der Waals surface area contributed by atoms with Gasteiger partial charge in [0.05, 0.1) is 0 Å². The Balaban J connectivity index is 1.60. The Morgan fingerprint density at radius 1 is 1.22 bits per heavy atom. The quantitative estimate of drug-likeness (QED) is 0.859. The maximum atomic E-state index is 4.24. The Morgan fingerprint density at radius 3 is 2.78 bits per heavy atom. The molecule has 1 fully saturated rings. The van der Waals surface area contributed by atoms with Crippen molar-refractivity contribution in [3.63, 3.8) is 0 Å². The minimum Gasteiger partial charge on any atom is -0.317 e. The predicted octanol–water partition coefficient (Wildman–Crippen LogP) is 1.28. The number of benzene rings is 1. The third-order valence-electron chi connectivity index (χ3n) is 3.52. The Morgan fingerprint density at radius 2 is 2.06 bits per heavy atom. The second kappa shape index (κ2) is 5.31. The highest BCUT2D eigenvalue weighted by Crippen LogP contribution is 2.11. The van der Waals surface area contributed by atoms with Gasteiger partial charge in [-0.25, -0.2) is 0 Å². The van der Waals surface area contributed by atoms with Crippen LogP contribution in [-0.2, 0) is 19.4 Å². The summed E-state index contributed by atoms with van der Waals surface area (Å²) in [5.74, 6) is 1.86. The SMILES string of the molecule is c1ccc(CCn2cnnc2CC2CNC2)cc1. The number of nitrogens with zero attached hydrogens (tertiary/aromatic N) is 3. The molecule has 0 spiro atoms. The van der Waals surface area contributed by atoms with Gasteiger partial charge in [-0.3, -0.25) is 0 Å². The molecule has 1 aliphatic heterocycles. The Labute approximate surface area is 107 Å². The lowest BCUT2D eigenvalue weighted by atomic mass is 9.99. The van der Waals surface area contributed by atoms with E-state index in [1.165, 1.54) is 5.56 Å². The summed E-state index contributed by atoms with van der Waals surface area (Å²) in [6.07, 6.45) is 3.93. The van der Waals surface area contributed by atoms with E-state index in [1.54, 1.807) is 0 Å². The molecule has 1 N–H and O–H groups in total. The minimum absolute atomic E-state index is 0.740. The van der Waals surface area contributed by atoms with E-state index < -0.39 is 0 Å². The van der Waals surface area contributed by atoms with Crippen molar-refractivity contribution >= 4 is 0 Å². The summed E-state index contributed by atoms with van der Waals surface area (Å²) in [7, 11) is 0. The number of aryl methyl sites for hydroxylation is 2. The molecule has 0 bridgehead atoms. The van der Waals surface area contributed by atoms with Gasteiger partial charge in [-0.1, -0.05) is 30.3 Å². The van der Waals surface area contributed by atoms with Crippen molar-refractivity contribution < 1.29 is 0 Å². The van der Waals surface area contributed by atoms with Crippen molar-refractivity contribution in [1.82, 2.24) is 20.1 Å². The monoisotopic (exact) mass is 242 g/mol. The van der Waals surface area contributed by atoms with E-state index in [2.05, 4.69) is 50.4 Å². The number of hydrogen-bond acceptors (Lipinski definition) is 3. The van der Waals surface area contributed by atoms with Crippen LogP contribution in [0.15, 0.2) is 36.7 Å². The zero-order chi connectivity index (χ0) is 12.2. The first-order valence-electron chi connectivity index (χ1n) is 6.53. The third kappa shape index (κ3) is 2.59. The molecule has 4 nitrogen and oxygen atoms in total. The molecule has 2 aromatic rings. The van der Waals surface area contributed by atoms with Crippen LogP contribution in [0.5, 0.6) is 0 Å². The van der Waals surface area contributed by atoms with Crippen LogP contribution in [0.3, 0.4) is 0 Å². The zero-order valence-corrected chi connectivity index (χ0v) is 10.4. The minimum atomic E-state index is 0.740. The fraction of sp³-hybridized carbons (Fsp3) is 0.429. The highest BCUT2D eigenvalue weighted by atomic mass is 15.3. The number of hydrogen-bond donors (Lipinski definition) is 1. The molecule has 0 aliphatic carbocycles. The number of nitrogens with one attached hydrogen (secondary N) is 1. The van der Waals surface area contributed by atoms with E-state index >= 15 is 0 Å². The normalized spacial score (nSPS) is 15.6. The molecule has 0 atom stereocenters. The van der Waals surface area contributed by atoms with Crippen molar-refractivity contribution in [3.8, 4) is 0 Å². The van der Waals surface area contributed by atoms with Gasteiger partial charge in [0.1, 0.15) is 12.2 Å². The van der Waals surface area contributed by atoms with Crippen molar-refractivity contribution in [2.24, 2.45) is 5.92 Å². The van der Waals surface area contributed by atoms with Crippen molar-refractivity contribution in [1.29, 1.82) is 0 Å². The highest BCUT2D eigenvalue weighted by Gasteiger charge is 2.19.